The van der Waals surface area contributed by atoms with Crippen LogP contribution < -0.4 is 0 Å². The molecule has 0 radical (unpaired) electrons. The van der Waals surface area contributed by atoms with Crippen molar-refractivity contribution in [2.45, 2.75) is 44.5 Å². The molecule has 2 saturated carbocycles. The zero-order chi connectivity index (χ0) is 9.85. The summed E-state index contributed by atoms with van der Waals surface area (Å²) in [5.74, 6) is 1.66. The topological polar surface area (TPSA) is 20.2 Å². The molecule has 0 aromatic heterocycles. The van der Waals surface area contributed by atoms with Crippen LogP contribution in [0.3, 0.4) is 0 Å². The van der Waals surface area contributed by atoms with Crippen LogP contribution in [0.5, 0.6) is 0 Å². The van der Waals surface area contributed by atoms with E-state index in [4.69, 9.17) is 0 Å². The third-order valence-electron chi connectivity index (χ3n) is 4.37. The summed E-state index contributed by atoms with van der Waals surface area (Å²) in [7, 11) is 0. The van der Waals surface area contributed by atoms with Gasteiger partial charge < -0.3 is 5.11 Å². The highest BCUT2D eigenvalue weighted by Crippen LogP contribution is 2.67. The van der Waals surface area contributed by atoms with Crippen LogP contribution in [0.15, 0.2) is 0 Å². The highest BCUT2D eigenvalue weighted by atomic mass is 32.2. The summed E-state index contributed by atoms with van der Waals surface area (Å²) in [4.78, 5) is 0. The van der Waals surface area contributed by atoms with Crippen molar-refractivity contribution in [3.63, 3.8) is 0 Å². The van der Waals surface area contributed by atoms with Gasteiger partial charge in [0.15, 0.2) is 0 Å². The SMILES string of the molecule is CSC1CC2C(CC1(C)O)C2(C)C. The molecular weight excluding hydrogens is 180 g/mol. The van der Waals surface area contributed by atoms with Gasteiger partial charge >= 0.3 is 0 Å². The number of fused-ring (bicyclic) bond motifs is 1. The van der Waals surface area contributed by atoms with E-state index >= 15 is 0 Å². The minimum Gasteiger partial charge on any atom is -0.389 e. The lowest BCUT2D eigenvalue weighted by Gasteiger charge is -2.35. The first kappa shape index (κ1) is 9.85. The Balaban J connectivity index is 2.13. The van der Waals surface area contributed by atoms with E-state index in [0.717, 1.165) is 18.3 Å². The van der Waals surface area contributed by atoms with E-state index in [1.54, 1.807) is 0 Å². The van der Waals surface area contributed by atoms with Gasteiger partial charge in [-0.1, -0.05) is 13.8 Å². The molecule has 2 aliphatic rings. The smallest absolute Gasteiger partial charge is 0.0740 e. The van der Waals surface area contributed by atoms with Crippen LogP contribution in [0.4, 0.5) is 0 Å². The van der Waals surface area contributed by atoms with Crippen molar-refractivity contribution in [2.24, 2.45) is 17.3 Å². The van der Waals surface area contributed by atoms with Gasteiger partial charge in [-0.3, -0.25) is 0 Å². The van der Waals surface area contributed by atoms with E-state index in [1.807, 2.05) is 18.7 Å². The molecular formula is C11H20OS. The Hall–Kier alpha value is 0.310. The van der Waals surface area contributed by atoms with E-state index in [1.165, 1.54) is 6.42 Å². The lowest BCUT2D eigenvalue weighted by molar-refractivity contribution is 0.0245. The van der Waals surface area contributed by atoms with Crippen LogP contribution in [0.25, 0.3) is 0 Å². The van der Waals surface area contributed by atoms with Crippen LogP contribution in [0, 0.1) is 17.3 Å². The Morgan fingerprint density at radius 1 is 1.23 bits per heavy atom. The number of rotatable bonds is 1. The molecule has 4 unspecified atom stereocenters. The van der Waals surface area contributed by atoms with Crippen LogP contribution in [-0.4, -0.2) is 22.2 Å². The van der Waals surface area contributed by atoms with E-state index in [9.17, 15) is 5.11 Å². The third-order valence-corrected chi connectivity index (χ3v) is 5.64. The summed E-state index contributed by atoms with van der Waals surface area (Å²) in [6.07, 6.45) is 4.34. The van der Waals surface area contributed by atoms with Crippen molar-refractivity contribution in [1.29, 1.82) is 0 Å². The van der Waals surface area contributed by atoms with Gasteiger partial charge in [-0.25, -0.2) is 0 Å². The molecule has 2 aliphatic carbocycles. The summed E-state index contributed by atoms with van der Waals surface area (Å²) in [5.41, 5.74) is 0.0861. The molecule has 2 rings (SSSR count). The first-order valence-electron chi connectivity index (χ1n) is 5.15. The molecule has 0 saturated heterocycles. The number of thioether (sulfide) groups is 1. The molecule has 1 nitrogen and oxygen atoms in total. The highest BCUT2D eigenvalue weighted by Gasteiger charge is 2.63. The maximum absolute atomic E-state index is 10.2. The summed E-state index contributed by atoms with van der Waals surface area (Å²) in [6, 6.07) is 0. The van der Waals surface area contributed by atoms with Gasteiger partial charge in [-0.15, -0.1) is 0 Å². The molecule has 0 aliphatic heterocycles. The molecule has 0 aromatic rings. The quantitative estimate of drug-likeness (QED) is 0.702. The van der Waals surface area contributed by atoms with Crippen LogP contribution in [-0.2, 0) is 0 Å². The van der Waals surface area contributed by atoms with Gasteiger partial charge in [0.1, 0.15) is 0 Å². The molecule has 0 bridgehead atoms. The van der Waals surface area contributed by atoms with Gasteiger partial charge in [0.25, 0.3) is 0 Å². The van der Waals surface area contributed by atoms with Gasteiger partial charge in [-0.05, 0) is 43.3 Å². The molecule has 0 aromatic carbocycles. The molecule has 0 heterocycles. The lowest BCUT2D eigenvalue weighted by atomic mass is 9.86. The molecule has 76 valence electrons. The first-order valence-corrected chi connectivity index (χ1v) is 6.43. The van der Waals surface area contributed by atoms with E-state index in [2.05, 4.69) is 20.1 Å². The standard InChI is InChI=1S/C11H20OS/c1-10(2)7-5-9(13-4)11(3,12)6-8(7)10/h7-9,12H,5-6H2,1-4H3. The minimum absolute atomic E-state index is 0.422. The third kappa shape index (κ3) is 1.33. The molecule has 4 atom stereocenters. The molecule has 2 heteroatoms. The van der Waals surface area contributed by atoms with Crippen LogP contribution in [0.1, 0.15) is 33.6 Å². The molecule has 13 heavy (non-hydrogen) atoms. The Labute approximate surface area is 85.3 Å². The summed E-state index contributed by atoms with van der Waals surface area (Å²) >= 11 is 1.83. The number of aliphatic hydroxyl groups is 1. The fourth-order valence-corrected chi connectivity index (χ4v) is 4.15. The Morgan fingerprint density at radius 2 is 1.85 bits per heavy atom. The highest BCUT2D eigenvalue weighted by molar-refractivity contribution is 7.99. The predicted molar refractivity (Wildman–Crippen MR) is 57.9 cm³/mol. The molecule has 1 N–H and O–H groups in total. The zero-order valence-electron chi connectivity index (χ0n) is 9.00. The fourth-order valence-electron chi connectivity index (χ4n) is 3.14. The van der Waals surface area contributed by atoms with E-state index < -0.39 is 5.60 Å². The van der Waals surface area contributed by atoms with Gasteiger partial charge in [0.2, 0.25) is 0 Å². The van der Waals surface area contributed by atoms with Crippen molar-refractivity contribution in [3.05, 3.63) is 0 Å². The van der Waals surface area contributed by atoms with Crippen molar-refractivity contribution in [3.8, 4) is 0 Å². The number of hydrogen-bond acceptors (Lipinski definition) is 2. The Kier molecular flexibility index (Phi) is 2.02. The summed E-state index contributed by atoms with van der Waals surface area (Å²) in [6.45, 7) is 6.71. The molecule has 0 spiro atoms. The van der Waals surface area contributed by atoms with Crippen molar-refractivity contribution in [2.75, 3.05) is 6.26 Å². The molecule has 2 fully saturated rings. The Bertz CT molecular complexity index is 222. The zero-order valence-corrected chi connectivity index (χ0v) is 9.82. The average molecular weight is 200 g/mol. The van der Waals surface area contributed by atoms with E-state index in [0.29, 0.717) is 10.7 Å². The van der Waals surface area contributed by atoms with Gasteiger partial charge in [-0.2, -0.15) is 11.8 Å². The van der Waals surface area contributed by atoms with E-state index in [-0.39, 0.29) is 0 Å². The van der Waals surface area contributed by atoms with Crippen LogP contribution >= 0.6 is 11.8 Å². The Morgan fingerprint density at radius 3 is 2.38 bits per heavy atom. The van der Waals surface area contributed by atoms with Crippen molar-refractivity contribution < 1.29 is 5.11 Å². The average Bonchev–Trinajstić information content (AvgIpc) is 2.50. The number of hydrogen-bond donors (Lipinski definition) is 1. The van der Waals surface area contributed by atoms with Gasteiger partial charge in [0.05, 0.1) is 5.60 Å². The monoisotopic (exact) mass is 200 g/mol. The largest absolute Gasteiger partial charge is 0.389 e. The summed E-state index contributed by atoms with van der Waals surface area (Å²) in [5, 5.41) is 10.7. The van der Waals surface area contributed by atoms with Crippen molar-refractivity contribution in [1.82, 2.24) is 0 Å². The second-order valence-electron chi connectivity index (χ2n) is 5.56. The normalized spacial score (nSPS) is 52.8. The maximum Gasteiger partial charge on any atom is 0.0740 e. The summed E-state index contributed by atoms with van der Waals surface area (Å²) < 4.78 is 0. The second-order valence-corrected chi connectivity index (χ2v) is 6.60. The molecule has 0 amide bonds. The van der Waals surface area contributed by atoms with Crippen molar-refractivity contribution >= 4 is 11.8 Å². The fraction of sp³-hybridized carbons (Fsp3) is 1.00. The van der Waals surface area contributed by atoms with Crippen LogP contribution in [0.2, 0.25) is 0 Å². The maximum atomic E-state index is 10.2. The first-order chi connectivity index (χ1) is 5.89. The minimum atomic E-state index is -0.422. The lowest BCUT2D eigenvalue weighted by Crippen LogP contribution is -2.40. The predicted octanol–water partition coefficient (Wildman–Crippen LogP) is 2.54. The van der Waals surface area contributed by atoms with Gasteiger partial charge in [0, 0.05) is 5.25 Å². The second kappa shape index (κ2) is 2.66.